The highest BCUT2D eigenvalue weighted by atomic mass is 32.3. The van der Waals surface area contributed by atoms with Gasteiger partial charge in [0, 0.05) is 0 Å². The zero-order chi connectivity index (χ0) is 90.0. The van der Waals surface area contributed by atoms with Crippen LogP contribution in [0.1, 0.15) is 0 Å². The average molecular weight is 2220 g/mol. The molecule has 115 heavy (non-hydrogen) atoms. The van der Waals surface area contributed by atoms with Gasteiger partial charge in [-0.3, -0.25) is 182 Å². The molecule has 0 radical (unpaired) electrons. The fourth-order valence-electron chi connectivity index (χ4n) is 0. The Hall–Kier alpha value is -3.20. The second-order valence-electron chi connectivity index (χ2n) is 8.96. The molecule has 0 unspecified atom stereocenters. The van der Waals surface area contributed by atoms with Gasteiger partial charge >= 0.3 is 208 Å². The third-order valence-electron chi connectivity index (χ3n) is 0. The fourth-order valence-corrected chi connectivity index (χ4v) is 0. The van der Waals surface area contributed by atoms with Crippen LogP contribution in [-0.4, -0.2) is 350 Å². The maximum atomic E-state index is 8.74. The SMILES string of the molecule is N.N.N.N.N.N.N.N.N.N.N.N.N.N.N.O=S(=O)(O)O.O=S(=O)(O)O.O=S(=O)(O)O.O=S(=O)(O)O.O=S(=O)(O)O.O=S(=O)(O)O.O=S(=O)(O)O.O=S(=O)(O)O.O=S(=O)(O)O.O=S(=O)(O)O.O=S(=O)(O)O.O=S(=O)(O)O.O=S(=O)(O)O.O=S(=O)(O)O.O=S(=O)(O)O.O=S(=O)(O)O.O=S(=O)(O)O.O=S(=O)(O)O.O=S(=O)(O)O.O=S(=O)(O)O. The summed E-state index contributed by atoms with van der Waals surface area (Å²) in [4.78, 5) is 0. The van der Waals surface area contributed by atoms with E-state index in [0.29, 0.717) is 0 Å². The molecule has 0 amide bonds. The van der Waals surface area contributed by atoms with Crippen LogP contribution in [0.25, 0.3) is 0 Å². The summed E-state index contributed by atoms with van der Waals surface area (Å²) in [5, 5.41) is 0. The van der Waals surface area contributed by atoms with Gasteiger partial charge in [0.25, 0.3) is 0 Å². The van der Waals surface area contributed by atoms with E-state index in [4.69, 9.17) is 350 Å². The number of hydrogen-bond donors (Lipinski definition) is 55. The highest BCUT2D eigenvalue weighted by Crippen LogP contribution is 1.67. The van der Waals surface area contributed by atoms with Crippen molar-refractivity contribution in [3.05, 3.63) is 0 Å². The normalized spacial score (nSPS) is 10.1. The van der Waals surface area contributed by atoms with Gasteiger partial charge in [-0.1, -0.05) is 0 Å². The van der Waals surface area contributed by atoms with Crippen LogP contribution in [-0.2, 0) is 208 Å². The van der Waals surface area contributed by atoms with Crippen LogP contribution in [0.15, 0.2) is 0 Å². The van der Waals surface area contributed by atoms with E-state index in [1.165, 1.54) is 0 Å². The maximum Gasteiger partial charge on any atom is 0.394 e. The lowest BCUT2D eigenvalue weighted by Gasteiger charge is -1.68. The molecule has 95 nitrogen and oxygen atoms in total. The Morgan fingerprint density at radius 2 is 0.0609 bits per heavy atom. The van der Waals surface area contributed by atoms with E-state index < -0.39 is 208 Å². The lowest BCUT2D eigenvalue weighted by molar-refractivity contribution is 0.378. The van der Waals surface area contributed by atoms with Gasteiger partial charge in [-0.2, -0.15) is 168 Å². The molecule has 0 heterocycles. The molecule has 0 aliphatic carbocycles. The monoisotopic (exact) mass is 2210 g/mol. The van der Waals surface area contributed by atoms with Crippen LogP contribution in [0.5, 0.6) is 0 Å². The van der Waals surface area contributed by atoms with Crippen LogP contribution < -0.4 is 92.3 Å². The summed E-state index contributed by atoms with van der Waals surface area (Å²) >= 11 is 0. The Kier molecular flexibility index (Phi) is 198. The minimum absolute atomic E-state index is 0. The molecule has 0 fully saturated rings. The molecule has 0 aliphatic rings. The Bertz CT molecular complexity index is 3100. The molecule has 85 N–H and O–H groups in total. The Balaban J connectivity index is -0.0000000176. The van der Waals surface area contributed by atoms with Crippen molar-refractivity contribution in [1.82, 2.24) is 92.3 Å². The topological polar surface area (TPSA) is 2020 Å². The summed E-state index contributed by atoms with van der Waals surface area (Å²) in [5.74, 6) is 0. The molecule has 0 atom stereocenters. The standard InChI is InChI=1S/15H3N.20H2O4S/c;;;;;;;;;;;;;;;20*1-5(2,3)4/h15*1H3;20*(H2,1,2,3,4). The Labute approximate surface area is 646 Å². The van der Waals surface area contributed by atoms with Crippen molar-refractivity contribution in [3.8, 4) is 0 Å². The molecule has 0 aromatic carbocycles. The van der Waals surface area contributed by atoms with Gasteiger partial charge in [0.15, 0.2) is 0 Å². The lowest BCUT2D eigenvalue weighted by atomic mass is 14.0. The van der Waals surface area contributed by atoms with E-state index in [9.17, 15) is 0 Å². The minimum Gasteiger partial charge on any atom is -0.344 e. The van der Waals surface area contributed by atoms with Crippen LogP contribution in [0, 0.1) is 0 Å². The van der Waals surface area contributed by atoms with Gasteiger partial charge < -0.3 is 92.3 Å². The van der Waals surface area contributed by atoms with Gasteiger partial charge in [0.05, 0.1) is 0 Å². The average Bonchev–Trinajstić information content (AvgIpc) is 2.87. The zero-order valence-corrected chi connectivity index (χ0v) is 69.3. The van der Waals surface area contributed by atoms with Gasteiger partial charge in [0.1, 0.15) is 0 Å². The smallest absolute Gasteiger partial charge is 0.344 e. The number of rotatable bonds is 0. The van der Waals surface area contributed by atoms with Gasteiger partial charge in [-0.25, -0.2) is 0 Å². The molecular formula is H85N15O80S20. The quantitative estimate of drug-likeness (QED) is 0.100. The zero-order valence-electron chi connectivity index (χ0n) is 53.0. The van der Waals surface area contributed by atoms with E-state index in [1.54, 1.807) is 0 Å². The molecule has 0 saturated heterocycles. The van der Waals surface area contributed by atoms with E-state index in [0.717, 1.165) is 0 Å². The maximum absolute atomic E-state index is 8.74. The second kappa shape index (κ2) is 97.9. The molecule has 0 saturated carbocycles. The summed E-state index contributed by atoms with van der Waals surface area (Å²) in [5.41, 5.74) is 0. The van der Waals surface area contributed by atoms with Crippen molar-refractivity contribution in [2.75, 3.05) is 0 Å². The first-order valence-corrected chi connectivity index (χ1v) is 41.9. The summed E-state index contributed by atoms with van der Waals surface area (Å²) in [6.07, 6.45) is 0. The second-order valence-corrected chi connectivity index (χ2v) is 26.9. The highest BCUT2D eigenvalue weighted by molar-refractivity contribution is 7.83. The van der Waals surface area contributed by atoms with Crippen molar-refractivity contribution in [1.29, 1.82) is 0 Å². The number of hydrogen-bond acceptors (Lipinski definition) is 55. The largest absolute Gasteiger partial charge is 0.394 e. The molecule has 0 bridgehead atoms. The van der Waals surface area contributed by atoms with Crippen molar-refractivity contribution >= 4 is 208 Å². The molecule has 0 aromatic rings. The summed E-state index contributed by atoms with van der Waals surface area (Å²) in [7, 11) is -93.3. The molecule has 115 heteroatoms. The van der Waals surface area contributed by atoms with Crippen LogP contribution in [0.4, 0.5) is 0 Å². The molecular weight excluding hydrogens is 2130 g/mol. The summed E-state index contributed by atoms with van der Waals surface area (Å²) < 4.78 is 632. The predicted molar refractivity (Wildman–Crippen MR) is 359 cm³/mol. The van der Waals surface area contributed by atoms with Crippen molar-refractivity contribution < 1.29 is 350 Å². The summed E-state index contributed by atoms with van der Waals surface area (Å²) in [6.45, 7) is 0. The first kappa shape index (κ1) is 233. The summed E-state index contributed by atoms with van der Waals surface area (Å²) in [6, 6.07) is 0. The first-order chi connectivity index (χ1) is 40.0. The van der Waals surface area contributed by atoms with E-state index in [1.807, 2.05) is 0 Å². The molecule has 0 spiro atoms. The fraction of sp³-hybridized carbons (Fsp3) is 0. The molecule has 0 aromatic heterocycles. The first-order valence-electron chi connectivity index (χ1n) is 14.0. The highest BCUT2D eigenvalue weighted by Gasteiger charge is 1.92. The third-order valence-corrected chi connectivity index (χ3v) is 0. The minimum atomic E-state index is -4.67. The van der Waals surface area contributed by atoms with Crippen molar-refractivity contribution in [2.45, 2.75) is 0 Å². The van der Waals surface area contributed by atoms with E-state index in [-0.39, 0.29) is 92.3 Å². The molecule has 760 valence electrons. The third kappa shape index (κ3) is 128000. The Morgan fingerprint density at radius 1 is 0.0609 bits per heavy atom. The molecule has 0 rings (SSSR count). The van der Waals surface area contributed by atoms with Gasteiger partial charge in [0.2, 0.25) is 0 Å². The van der Waals surface area contributed by atoms with Gasteiger partial charge in [-0.05, 0) is 0 Å². The van der Waals surface area contributed by atoms with Gasteiger partial charge in [-0.15, -0.1) is 0 Å². The Morgan fingerprint density at radius 3 is 0.0609 bits per heavy atom. The lowest BCUT2D eigenvalue weighted by Crippen LogP contribution is -1.89. The molecule has 0 aliphatic heterocycles. The van der Waals surface area contributed by atoms with E-state index in [2.05, 4.69) is 0 Å². The predicted octanol–water partition coefficient (Wildman–Crippen LogP) is -10.6. The van der Waals surface area contributed by atoms with Crippen LogP contribution in [0.2, 0.25) is 0 Å². The van der Waals surface area contributed by atoms with Crippen LogP contribution >= 0.6 is 0 Å². The van der Waals surface area contributed by atoms with E-state index >= 15 is 0 Å². The van der Waals surface area contributed by atoms with Crippen molar-refractivity contribution in [3.63, 3.8) is 0 Å². The van der Waals surface area contributed by atoms with Crippen molar-refractivity contribution in [2.24, 2.45) is 0 Å². The van der Waals surface area contributed by atoms with Crippen LogP contribution in [0.3, 0.4) is 0 Å².